The van der Waals surface area contributed by atoms with Crippen molar-refractivity contribution in [3.05, 3.63) is 27.9 Å². The van der Waals surface area contributed by atoms with Gasteiger partial charge in [-0.2, -0.15) is 4.98 Å². The first kappa shape index (κ1) is 17.5. The first-order valence-corrected chi connectivity index (χ1v) is 8.56. The molecule has 3 aromatic rings. The topological polar surface area (TPSA) is 139 Å². The van der Waals surface area contributed by atoms with Crippen LogP contribution in [0.2, 0.25) is 0 Å². The van der Waals surface area contributed by atoms with Crippen LogP contribution in [-0.4, -0.2) is 48.5 Å². The molecule has 0 aliphatic carbocycles. The summed E-state index contributed by atoms with van der Waals surface area (Å²) in [6.07, 6.45) is -2.31. The molecular weight excluding hydrogens is 346 g/mol. The molecule has 5 N–H and O–H groups in total. The molecule has 134 valence electrons. The number of aliphatic hydroxyl groups excluding tert-OH is 2. The molecule has 0 aliphatic heterocycles. The summed E-state index contributed by atoms with van der Waals surface area (Å²) in [5, 5.41) is 21.0. The van der Waals surface area contributed by atoms with E-state index in [0.29, 0.717) is 5.82 Å². The van der Waals surface area contributed by atoms with Gasteiger partial charge in [-0.05, 0) is 25.3 Å². The van der Waals surface area contributed by atoms with Crippen LogP contribution in [0.1, 0.15) is 20.1 Å². The third-order valence-electron chi connectivity index (χ3n) is 3.76. The molecule has 0 aliphatic rings. The van der Waals surface area contributed by atoms with E-state index in [4.69, 9.17) is 10.5 Å². The van der Waals surface area contributed by atoms with Crippen molar-refractivity contribution in [1.82, 2.24) is 19.5 Å². The molecule has 0 radical (unpaired) electrons. The lowest BCUT2D eigenvalue weighted by molar-refractivity contribution is -0.110. The van der Waals surface area contributed by atoms with Crippen molar-refractivity contribution >= 4 is 28.4 Å². The average molecular weight is 365 g/mol. The Morgan fingerprint density at radius 2 is 2.20 bits per heavy atom. The standard InChI is InChI=1S/C15H19N5O4S/c1-7(22)9(6-21)24-8(2)20-12(10-4-3-5-25-10)17-11-13(20)18-15(16)19-14(11)23/h3-5,7-9,21-22H,6H2,1-2H3,(H3,16,18,19,23). The Bertz CT molecular complexity index is 918. The molecule has 25 heavy (non-hydrogen) atoms. The first-order chi connectivity index (χ1) is 11.9. The molecule has 3 atom stereocenters. The second-order valence-electron chi connectivity index (χ2n) is 5.60. The zero-order chi connectivity index (χ0) is 18.1. The zero-order valence-electron chi connectivity index (χ0n) is 13.7. The quantitative estimate of drug-likeness (QED) is 0.504. The number of rotatable bonds is 6. The maximum atomic E-state index is 12.2. The second kappa shape index (κ2) is 6.92. The van der Waals surface area contributed by atoms with Crippen molar-refractivity contribution < 1.29 is 14.9 Å². The van der Waals surface area contributed by atoms with Gasteiger partial charge in [0, 0.05) is 0 Å². The minimum Gasteiger partial charge on any atom is -0.394 e. The van der Waals surface area contributed by atoms with Crippen molar-refractivity contribution in [3.63, 3.8) is 0 Å². The van der Waals surface area contributed by atoms with Gasteiger partial charge in [-0.25, -0.2) is 4.98 Å². The summed E-state index contributed by atoms with van der Waals surface area (Å²) in [4.78, 5) is 24.0. The highest BCUT2D eigenvalue weighted by Crippen LogP contribution is 2.30. The molecule has 9 nitrogen and oxygen atoms in total. The monoisotopic (exact) mass is 365 g/mol. The predicted octanol–water partition coefficient (Wildman–Crippen LogP) is 0.707. The van der Waals surface area contributed by atoms with Gasteiger partial charge in [0.1, 0.15) is 12.3 Å². The second-order valence-corrected chi connectivity index (χ2v) is 6.55. The minimum atomic E-state index is -0.867. The fourth-order valence-electron chi connectivity index (χ4n) is 2.55. The van der Waals surface area contributed by atoms with E-state index in [1.54, 1.807) is 11.5 Å². The Balaban J connectivity index is 2.17. The van der Waals surface area contributed by atoms with Crippen molar-refractivity contribution in [3.8, 4) is 10.7 Å². The Labute approximate surface area is 146 Å². The summed E-state index contributed by atoms with van der Waals surface area (Å²) < 4.78 is 7.40. The number of anilines is 1. The number of nitrogens with one attached hydrogen (secondary N) is 1. The van der Waals surface area contributed by atoms with Gasteiger partial charge in [0.25, 0.3) is 5.56 Å². The molecule has 0 fully saturated rings. The van der Waals surface area contributed by atoms with Crippen molar-refractivity contribution in [2.75, 3.05) is 12.3 Å². The first-order valence-electron chi connectivity index (χ1n) is 7.68. The van der Waals surface area contributed by atoms with Crippen LogP contribution in [0.5, 0.6) is 0 Å². The molecule has 0 amide bonds. The lowest BCUT2D eigenvalue weighted by Gasteiger charge is -2.25. The summed E-state index contributed by atoms with van der Waals surface area (Å²) in [6, 6.07) is 3.73. The summed E-state index contributed by atoms with van der Waals surface area (Å²) in [5.41, 5.74) is 5.65. The maximum Gasteiger partial charge on any atom is 0.280 e. The normalized spacial score (nSPS) is 15.4. The number of imidazole rings is 1. The molecule has 0 aromatic carbocycles. The fraction of sp³-hybridized carbons (Fsp3) is 0.400. The number of aromatic nitrogens is 4. The van der Waals surface area contributed by atoms with Gasteiger partial charge in [0.15, 0.2) is 17.0 Å². The Kier molecular flexibility index (Phi) is 4.86. The summed E-state index contributed by atoms with van der Waals surface area (Å²) >= 11 is 1.45. The minimum absolute atomic E-state index is 0.0298. The number of aliphatic hydroxyl groups is 2. The number of hydrogen-bond acceptors (Lipinski definition) is 8. The van der Waals surface area contributed by atoms with Crippen LogP contribution < -0.4 is 11.3 Å². The van der Waals surface area contributed by atoms with E-state index in [2.05, 4.69) is 15.0 Å². The van der Waals surface area contributed by atoms with Crippen molar-refractivity contribution in [2.24, 2.45) is 0 Å². The summed E-state index contributed by atoms with van der Waals surface area (Å²) in [6.45, 7) is 2.90. The van der Waals surface area contributed by atoms with Crippen LogP contribution in [0.4, 0.5) is 5.95 Å². The van der Waals surface area contributed by atoms with E-state index in [1.807, 2.05) is 17.5 Å². The number of aromatic amines is 1. The largest absolute Gasteiger partial charge is 0.394 e. The Hall–Kier alpha value is -2.27. The van der Waals surface area contributed by atoms with Crippen LogP contribution in [0.25, 0.3) is 21.9 Å². The van der Waals surface area contributed by atoms with E-state index in [-0.39, 0.29) is 23.7 Å². The molecule has 0 spiro atoms. The lowest BCUT2D eigenvalue weighted by Crippen LogP contribution is -2.32. The van der Waals surface area contributed by atoms with Crippen molar-refractivity contribution in [2.45, 2.75) is 32.3 Å². The Morgan fingerprint density at radius 3 is 2.80 bits per heavy atom. The van der Waals surface area contributed by atoms with Gasteiger partial charge < -0.3 is 20.7 Å². The number of ether oxygens (including phenoxy) is 1. The molecule has 3 unspecified atom stereocenters. The maximum absolute atomic E-state index is 12.2. The molecule has 3 heterocycles. The van der Waals surface area contributed by atoms with Crippen LogP contribution >= 0.6 is 11.3 Å². The molecular formula is C15H19N5O4S. The van der Waals surface area contributed by atoms with Crippen LogP contribution in [0.3, 0.4) is 0 Å². The van der Waals surface area contributed by atoms with Gasteiger partial charge in [0.2, 0.25) is 5.95 Å². The number of hydrogen-bond donors (Lipinski definition) is 4. The van der Waals surface area contributed by atoms with Crippen LogP contribution in [0.15, 0.2) is 22.3 Å². The van der Waals surface area contributed by atoms with Crippen LogP contribution in [-0.2, 0) is 4.74 Å². The molecule has 0 saturated heterocycles. The molecule has 0 saturated carbocycles. The number of H-pyrrole nitrogens is 1. The zero-order valence-corrected chi connectivity index (χ0v) is 14.5. The van der Waals surface area contributed by atoms with Gasteiger partial charge in [0.05, 0.1) is 17.6 Å². The fourth-order valence-corrected chi connectivity index (χ4v) is 3.26. The van der Waals surface area contributed by atoms with E-state index >= 15 is 0 Å². The number of nitrogens with two attached hydrogens (primary N) is 1. The smallest absolute Gasteiger partial charge is 0.280 e. The van der Waals surface area contributed by atoms with Gasteiger partial charge in [-0.3, -0.25) is 14.3 Å². The van der Waals surface area contributed by atoms with Crippen molar-refractivity contribution in [1.29, 1.82) is 0 Å². The highest BCUT2D eigenvalue weighted by atomic mass is 32.1. The third-order valence-corrected chi connectivity index (χ3v) is 4.63. The van der Waals surface area contributed by atoms with E-state index in [9.17, 15) is 15.0 Å². The SMILES string of the molecule is CC(O)C(CO)OC(C)n1c(-c2cccs2)nc2c(=O)[nH]c(N)nc21. The molecule has 3 rings (SSSR count). The Morgan fingerprint density at radius 1 is 1.44 bits per heavy atom. The number of nitrogens with zero attached hydrogens (tertiary/aromatic N) is 3. The number of fused-ring (bicyclic) bond motifs is 1. The van der Waals surface area contributed by atoms with E-state index < -0.39 is 24.0 Å². The van der Waals surface area contributed by atoms with Gasteiger partial charge in [-0.15, -0.1) is 11.3 Å². The average Bonchev–Trinajstić information content (AvgIpc) is 3.18. The highest BCUT2D eigenvalue weighted by Gasteiger charge is 2.25. The third kappa shape index (κ3) is 3.29. The van der Waals surface area contributed by atoms with E-state index in [0.717, 1.165) is 4.88 Å². The number of nitrogen functional groups attached to an aromatic ring is 1. The molecule has 3 aromatic heterocycles. The van der Waals surface area contributed by atoms with Gasteiger partial charge >= 0.3 is 0 Å². The predicted molar refractivity (Wildman–Crippen MR) is 94.2 cm³/mol. The summed E-state index contributed by atoms with van der Waals surface area (Å²) in [7, 11) is 0. The van der Waals surface area contributed by atoms with Gasteiger partial charge in [-0.1, -0.05) is 6.07 Å². The van der Waals surface area contributed by atoms with E-state index in [1.165, 1.54) is 18.3 Å². The molecule has 0 bridgehead atoms. The lowest BCUT2D eigenvalue weighted by atomic mass is 10.2. The highest BCUT2D eigenvalue weighted by molar-refractivity contribution is 7.13. The molecule has 10 heteroatoms. The summed E-state index contributed by atoms with van der Waals surface area (Å²) in [5.74, 6) is 0.473. The number of thiophene rings is 1. The van der Waals surface area contributed by atoms with Crippen LogP contribution in [0, 0.1) is 0 Å².